The lowest BCUT2D eigenvalue weighted by Crippen LogP contribution is -2.34. The molecule has 1 saturated heterocycles. The Bertz CT molecular complexity index is 812. The number of piperidine rings is 1. The molecule has 4 rings (SSSR count). The van der Waals surface area contributed by atoms with Gasteiger partial charge < -0.3 is 4.42 Å². The first-order valence-corrected chi connectivity index (χ1v) is 8.83. The van der Waals surface area contributed by atoms with Gasteiger partial charge in [0.15, 0.2) is 5.82 Å². The lowest BCUT2D eigenvalue weighted by atomic mass is 9.97. The zero-order valence-electron chi connectivity index (χ0n) is 14.4. The number of hydrogen-bond donors (Lipinski definition) is 1. The van der Waals surface area contributed by atoms with Gasteiger partial charge in [-0.05, 0) is 19.4 Å². The van der Waals surface area contributed by atoms with Crippen LogP contribution in [-0.2, 0) is 13.0 Å². The second-order valence-electron chi connectivity index (χ2n) is 6.43. The second kappa shape index (κ2) is 7.14. The molecule has 0 radical (unpaired) electrons. The van der Waals surface area contributed by atoms with Crippen molar-refractivity contribution in [2.24, 2.45) is 0 Å². The highest BCUT2D eigenvalue weighted by Crippen LogP contribution is 2.26. The number of H-pyrrole nitrogens is 1. The first-order chi connectivity index (χ1) is 12.3. The van der Waals surface area contributed by atoms with Crippen LogP contribution in [0.15, 0.2) is 34.7 Å². The van der Waals surface area contributed by atoms with Gasteiger partial charge in [-0.15, -0.1) is 10.2 Å². The van der Waals surface area contributed by atoms with Crippen molar-refractivity contribution >= 4 is 0 Å². The number of aromatic amines is 1. The standard InChI is InChI=1S/C18H22N6O/c1-2-15-20-21-16(25-15)12-24-10-6-9-14(11-24)18-19-17(22-23-18)13-7-4-3-5-8-13/h3-5,7-8,14H,2,6,9-12H2,1H3,(H,19,22,23)/t14-/m1/s1. The van der Waals surface area contributed by atoms with Gasteiger partial charge in [-0.3, -0.25) is 10.00 Å². The van der Waals surface area contributed by atoms with Gasteiger partial charge >= 0.3 is 0 Å². The molecule has 1 aliphatic rings. The molecule has 3 heterocycles. The molecule has 0 bridgehead atoms. The Morgan fingerprint density at radius 2 is 2.04 bits per heavy atom. The van der Waals surface area contributed by atoms with Crippen molar-refractivity contribution in [3.8, 4) is 11.4 Å². The number of hydrogen-bond acceptors (Lipinski definition) is 6. The Balaban J connectivity index is 1.43. The summed E-state index contributed by atoms with van der Waals surface area (Å²) < 4.78 is 5.64. The lowest BCUT2D eigenvalue weighted by molar-refractivity contribution is 0.179. The highest BCUT2D eigenvalue weighted by atomic mass is 16.4. The topological polar surface area (TPSA) is 83.7 Å². The fourth-order valence-electron chi connectivity index (χ4n) is 3.28. The summed E-state index contributed by atoms with van der Waals surface area (Å²) in [5.41, 5.74) is 1.04. The van der Waals surface area contributed by atoms with Crippen molar-refractivity contribution < 1.29 is 4.42 Å². The summed E-state index contributed by atoms with van der Waals surface area (Å²) in [4.78, 5) is 7.07. The molecule has 0 amide bonds. The van der Waals surface area contributed by atoms with Crippen LogP contribution in [0.5, 0.6) is 0 Å². The van der Waals surface area contributed by atoms with Crippen molar-refractivity contribution in [3.63, 3.8) is 0 Å². The summed E-state index contributed by atoms with van der Waals surface area (Å²) in [6.07, 6.45) is 3.01. The molecule has 1 N–H and O–H groups in total. The second-order valence-corrected chi connectivity index (χ2v) is 6.43. The average molecular weight is 338 g/mol. The fraction of sp³-hybridized carbons (Fsp3) is 0.444. The van der Waals surface area contributed by atoms with Crippen LogP contribution >= 0.6 is 0 Å². The maximum Gasteiger partial charge on any atom is 0.230 e. The lowest BCUT2D eigenvalue weighted by Gasteiger charge is -2.30. The van der Waals surface area contributed by atoms with Crippen molar-refractivity contribution in [3.05, 3.63) is 47.9 Å². The van der Waals surface area contributed by atoms with Gasteiger partial charge in [0.2, 0.25) is 11.8 Å². The molecule has 130 valence electrons. The van der Waals surface area contributed by atoms with Crippen molar-refractivity contribution in [2.45, 2.75) is 38.6 Å². The van der Waals surface area contributed by atoms with Crippen LogP contribution in [0.1, 0.15) is 43.3 Å². The molecule has 1 aromatic carbocycles. The number of aromatic nitrogens is 5. The van der Waals surface area contributed by atoms with E-state index >= 15 is 0 Å². The minimum absolute atomic E-state index is 0.354. The van der Waals surface area contributed by atoms with E-state index in [0.717, 1.165) is 49.6 Å². The van der Waals surface area contributed by atoms with E-state index in [1.54, 1.807) is 0 Å². The van der Waals surface area contributed by atoms with Crippen LogP contribution in [0.25, 0.3) is 11.4 Å². The largest absolute Gasteiger partial charge is 0.424 e. The number of likely N-dealkylation sites (tertiary alicyclic amines) is 1. The third-order valence-electron chi connectivity index (χ3n) is 4.60. The predicted octanol–water partition coefficient (Wildman–Crippen LogP) is 2.80. The first-order valence-electron chi connectivity index (χ1n) is 8.83. The minimum Gasteiger partial charge on any atom is -0.424 e. The van der Waals surface area contributed by atoms with Crippen LogP contribution in [0.4, 0.5) is 0 Å². The van der Waals surface area contributed by atoms with E-state index in [0.29, 0.717) is 24.2 Å². The Kier molecular flexibility index (Phi) is 4.56. The van der Waals surface area contributed by atoms with Crippen molar-refractivity contribution in [2.75, 3.05) is 13.1 Å². The van der Waals surface area contributed by atoms with E-state index in [2.05, 4.69) is 25.3 Å². The van der Waals surface area contributed by atoms with Gasteiger partial charge in [-0.1, -0.05) is 37.3 Å². The summed E-state index contributed by atoms with van der Waals surface area (Å²) in [6.45, 7) is 4.68. The Labute approximate surface area is 146 Å². The number of benzene rings is 1. The first kappa shape index (κ1) is 16.0. The summed E-state index contributed by atoms with van der Waals surface area (Å²) in [5, 5.41) is 15.7. The monoisotopic (exact) mass is 338 g/mol. The third kappa shape index (κ3) is 3.61. The molecule has 1 atom stereocenters. The molecule has 0 spiro atoms. The molecule has 25 heavy (non-hydrogen) atoms. The Morgan fingerprint density at radius 1 is 1.20 bits per heavy atom. The summed E-state index contributed by atoms with van der Waals surface area (Å²) in [5.74, 6) is 3.47. The smallest absolute Gasteiger partial charge is 0.230 e. The molecule has 7 nitrogen and oxygen atoms in total. The summed E-state index contributed by atoms with van der Waals surface area (Å²) in [6, 6.07) is 10.1. The fourth-order valence-corrected chi connectivity index (χ4v) is 3.28. The molecule has 2 aromatic heterocycles. The number of nitrogens with one attached hydrogen (secondary N) is 1. The van der Waals surface area contributed by atoms with E-state index in [9.17, 15) is 0 Å². The van der Waals surface area contributed by atoms with E-state index in [-0.39, 0.29) is 0 Å². The number of rotatable bonds is 5. The normalized spacial score (nSPS) is 18.5. The van der Waals surface area contributed by atoms with Gasteiger partial charge in [0.25, 0.3) is 0 Å². The Hall–Kier alpha value is -2.54. The van der Waals surface area contributed by atoms with Crippen LogP contribution in [0, 0.1) is 0 Å². The minimum atomic E-state index is 0.354. The van der Waals surface area contributed by atoms with E-state index in [4.69, 9.17) is 9.40 Å². The highest BCUT2D eigenvalue weighted by Gasteiger charge is 2.25. The van der Waals surface area contributed by atoms with Crippen molar-refractivity contribution in [1.82, 2.24) is 30.3 Å². The van der Waals surface area contributed by atoms with Gasteiger partial charge in [0.1, 0.15) is 5.82 Å². The van der Waals surface area contributed by atoms with Gasteiger partial charge in [-0.25, -0.2) is 4.98 Å². The third-order valence-corrected chi connectivity index (χ3v) is 4.60. The van der Waals surface area contributed by atoms with E-state index in [1.165, 1.54) is 0 Å². The van der Waals surface area contributed by atoms with Crippen LogP contribution in [0.2, 0.25) is 0 Å². The average Bonchev–Trinajstić information content (AvgIpc) is 3.32. The molecule has 3 aromatic rings. The number of aryl methyl sites for hydroxylation is 1. The number of nitrogens with zero attached hydrogens (tertiary/aromatic N) is 5. The summed E-state index contributed by atoms with van der Waals surface area (Å²) >= 11 is 0. The zero-order chi connectivity index (χ0) is 17.1. The molecule has 0 unspecified atom stereocenters. The Morgan fingerprint density at radius 3 is 2.84 bits per heavy atom. The molecule has 0 aliphatic carbocycles. The molecule has 1 aliphatic heterocycles. The van der Waals surface area contributed by atoms with E-state index in [1.807, 2.05) is 37.3 Å². The molecular formula is C18H22N6O. The maximum atomic E-state index is 5.64. The van der Waals surface area contributed by atoms with Crippen LogP contribution in [0.3, 0.4) is 0 Å². The molecule has 0 saturated carbocycles. The molecule has 1 fully saturated rings. The highest BCUT2D eigenvalue weighted by molar-refractivity contribution is 5.53. The molecule has 7 heteroatoms. The molecular weight excluding hydrogens is 316 g/mol. The maximum absolute atomic E-state index is 5.64. The zero-order valence-corrected chi connectivity index (χ0v) is 14.4. The SMILES string of the molecule is CCc1nnc(CN2CCC[C@@H](c3nc(-c4ccccc4)n[nH]3)C2)o1. The van der Waals surface area contributed by atoms with Crippen molar-refractivity contribution in [1.29, 1.82) is 0 Å². The van der Waals surface area contributed by atoms with E-state index < -0.39 is 0 Å². The van der Waals surface area contributed by atoms with Gasteiger partial charge in [0.05, 0.1) is 6.54 Å². The predicted molar refractivity (Wildman–Crippen MR) is 92.7 cm³/mol. The van der Waals surface area contributed by atoms with Gasteiger partial charge in [-0.2, -0.15) is 5.10 Å². The van der Waals surface area contributed by atoms with Crippen LogP contribution in [-0.4, -0.2) is 43.4 Å². The van der Waals surface area contributed by atoms with Crippen LogP contribution < -0.4 is 0 Å². The quantitative estimate of drug-likeness (QED) is 0.770. The van der Waals surface area contributed by atoms with Gasteiger partial charge in [0, 0.05) is 24.4 Å². The summed E-state index contributed by atoms with van der Waals surface area (Å²) in [7, 11) is 0.